The Morgan fingerprint density at radius 2 is 1.82 bits per heavy atom. The van der Waals surface area contributed by atoms with Gasteiger partial charge in [-0.05, 0) is 5.56 Å². The maximum absolute atomic E-state index is 9.19. The molecule has 0 N–H and O–H groups in total. The molecule has 4 heteroatoms. The van der Waals surface area contributed by atoms with Crippen LogP contribution in [0, 0.1) is 11.3 Å². The third-order valence-corrected chi connectivity index (χ3v) is 3.48. The van der Waals surface area contributed by atoms with Crippen molar-refractivity contribution in [3.8, 4) is 17.2 Å². The van der Waals surface area contributed by atoms with Gasteiger partial charge in [0.25, 0.3) is 0 Å². The first kappa shape index (κ1) is 9.94. The standard InChI is InChI=1S/C13H7N3S/c14-8-10-11(9-4-2-1-3-5-9)12-13(17-10)16-7-6-15-12/h1-7H. The zero-order chi connectivity index (χ0) is 11.7. The number of nitriles is 1. The Hall–Kier alpha value is -2.25. The maximum Gasteiger partial charge on any atom is 0.143 e. The highest BCUT2D eigenvalue weighted by atomic mass is 32.1. The molecule has 80 valence electrons. The molecule has 0 bridgehead atoms. The molecule has 0 saturated carbocycles. The normalized spacial score (nSPS) is 10.3. The smallest absolute Gasteiger partial charge is 0.143 e. The Morgan fingerprint density at radius 1 is 1.06 bits per heavy atom. The van der Waals surface area contributed by atoms with Crippen LogP contribution in [0.15, 0.2) is 42.7 Å². The van der Waals surface area contributed by atoms with Gasteiger partial charge in [-0.15, -0.1) is 11.3 Å². The SMILES string of the molecule is N#Cc1sc2nccnc2c1-c1ccccc1. The van der Waals surface area contributed by atoms with Crippen LogP contribution < -0.4 is 0 Å². The highest BCUT2D eigenvalue weighted by Crippen LogP contribution is 2.35. The largest absolute Gasteiger partial charge is 0.251 e. The molecule has 0 unspecified atom stereocenters. The fourth-order valence-corrected chi connectivity index (χ4v) is 2.70. The van der Waals surface area contributed by atoms with Gasteiger partial charge in [-0.3, -0.25) is 4.98 Å². The molecular weight excluding hydrogens is 230 g/mol. The summed E-state index contributed by atoms with van der Waals surface area (Å²) in [5.74, 6) is 0. The lowest BCUT2D eigenvalue weighted by molar-refractivity contribution is 1.32. The van der Waals surface area contributed by atoms with E-state index in [2.05, 4.69) is 16.0 Å². The summed E-state index contributed by atoms with van der Waals surface area (Å²) in [6, 6.07) is 12.1. The number of rotatable bonds is 1. The number of hydrogen-bond acceptors (Lipinski definition) is 4. The maximum atomic E-state index is 9.19. The zero-order valence-corrected chi connectivity index (χ0v) is 9.61. The number of hydrogen-bond donors (Lipinski definition) is 0. The molecule has 0 radical (unpaired) electrons. The van der Waals surface area contributed by atoms with Crippen LogP contribution in [0.2, 0.25) is 0 Å². The first-order chi connectivity index (χ1) is 8.40. The van der Waals surface area contributed by atoms with Gasteiger partial charge >= 0.3 is 0 Å². The van der Waals surface area contributed by atoms with Crippen LogP contribution in [0.4, 0.5) is 0 Å². The second kappa shape index (κ2) is 3.96. The van der Waals surface area contributed by atoms with Crippen LogP contribution in [-0.2, 0) is 0 Å². The summed E-state index contributed by atoms with van der Waals surface area (Å²) < 4.78 is 0. The van der Waals surface area contributed by atoms with Crippen LogP contribution in [0.25, 0.3) is 21.5 Å². The molecule has 2 aromatic heterocycles. The van der Waals surface area contributed by atoms with Gasteiger partial charge in [-0.25, -0.2) is 4.98 Å². The highest BCUT2D eigenvalue weighted by molar-refractivity contribution is 7.19. The summed E-state index contributed by atoms with van der Waals surface area (Å²) in [7, 11) is 0. The molecule has 2 heterocycles. The Morgan fingerprint density at radius 3 is 2.59 bits per heavy atom. The second-order valence-corrected chi connectivity index (χ2v) is 4.49. The lowest BCUT2D eigenvalue weighted by Crippen LogP contribution is -1.81. The summed E-state index contributed by atoms with van der Waals surface area (Å²) in [5, 5.41) is 9.19. The van der Waals surface area contributed by atoms with E-state index in [0.717, 1.165) is 21.5 Å². The van der Waals surface area contributed by atoms with Crippen molar-refractivity contribution in [3.05, 3.63) is 47.6 Å². The first-order valence-electron chi connectivity index (χ1n) is 5.09. The lowest BCUT2D eigenvalue weighted by Gasteiger charge is -1.98. The molecular formula is C13H7N3S. The van der Waals surface area contributed by atoms with Gasteiger partial charge in [0.15, 0.2) is 0 Å². The minimum Gasteiger partial charge on any atom is -0.251 e. The summed E-state index contributed by atoms with van der Waals surface area (Å²) >= 11 is 1.38. The Kier molecular flexibility index (Phi) is 2.32. The molecule has 3 nitrogen and oxygen atoms in total. The molecule has 0 fully saturated rings. The lowest BCUT2D eigenvalue weighted by atomic mass is 10.1. The van der Waals surface area contributed by atoms with Crippen molar-refractivity contribution in [1.82, 2.24) is 9.97 Å². The third kappa shape index (κ3) is 1.57. The van der Waals surface area contributed by atoms with E-state index in [9.17, 15) is 5.26 Å². The van der Waals surface area contributed by atoms with Gasteiger partial charge in [0, 0.05) is 18.0 Å². The first-order valence-corrected chi connectivity index (χ1v) is 5.91. The Balaban J connectivity index is 2.39. The van der Waals surface area contributed by atoms with Gasteiger partial charge in [-0.2, -0.15) is 5.26 Å². The Bertz CT molecular complexity index is 710. The quantitative estimate of drug-likeness (QED) is 0.652. The highest BCUT2D eigenvalue weighted by Gasteiger charge is 2.14. The fourth-order valence-electron chi connectivity index (χ4n) is 1.78. The summed E-state index contributed by atoms with van der Waals surface area (Å²) in [5.41, 5.74) is 2.71. The van der Waals surface area contributed by atoms with Crippen molar-refractivity contribution in [2.75, 3.05) is 0 Å². The van der Waals surface area contributed by atoms with Crippen LogP contribution >= 0.6 is 11.3 Å². The van der Waals surface area contributed by atoms with Gasteiger partial charge in [0.1, 0.15) is 21.3 Å². The van der Waals surface area contributed by atoms with E-state index in [0.29, 0.717) is 4.88 Å². The van der Waals surface area contributed by atoms with Crippen molar-refractivity contribution < 1.29 is 0 Å². The number of fused-ring (bicyclic) bond motifs is 1. The molecule has 1 aromatic carbocycles. The van der Waals surface area contributed by atoms with Crippen LogP contribution in [-0.4, -0.2) is 9.97 Å². The molecule has 0 aliphatic heterocycles. The average Bonchev–Trinajstić information content (AvgIpc) is 2.78. The average molecular weight is 237 g/mol. The summed E-state index contributed by atoms with van der Waals surface area (Å²) in [4.78, 5) is 10.0. The zero-order valence-electron chi connectivity index (χ0n) is 8.79. The molecule has 0 spiro atoms. The van der Waals surface area contributed by atoms with E-state index in [1.165, 1.54) is 11.3 Å². The molecule has 0 atom stereocenters. The monoisotopic (exact) mass is 237 g/mol. The summed E-state index contributed by atoms with van der Waals surface area (Å²) in [6.07, 6.45) is 3.30. The van der Waals surface area contributed by atoms with Crippen LogP contribution in [0.3, 0.4) is 0 Å². The third-order valence-electron chi connectivity index (χ3n) is 2.49. The van der Waals surface area contributed by atoms with E-state index < -0.39 is 0 Å². The minimum atomic E-state index is 0.664. The summed E-state index contributed by atoms with van der Waals surface area (Å²) in [6.45, 7) is 0. The van der Waals surface area contributed by atoms with Gasteiger partial charge < -0.3 is 0 Å². The molecule has 3 rings (SSSR count). The van der Waals surface area contributed by atoms with E-state index in [1.807, 2.05) is 30.3 Å². The molecule has 3 aromatic rings. The van der Waals surface area contributed by atoms with Crippen molar-refractivity contribution in [3.63, 3.8) is 0 Å². The van der Waals surface area contributed by atoms with Crippen molar-refractivity contribution >= 4 is 21.7 Å². The molecule has 0 aliphatic rings. The molecule has 0 saturated heterocycles. The predicted octanol–water partition coefficient (Wildman–Crippen LogP) is 3.23. The number of thiophene rings is 1. The van der Waals surface area contributed by atoms with E-state index in [-0.39, 0.29) is 0 Å². The van der Waals surface area contributed by atoms with Crippen LogP contribution in [0.5, 0.6) is 0 Å². The number of aromatic nitrogens is 2. The van der Waals surface area contributed by atoms with Crippen LogP contribution in [0.1, 0.15) is 4.88 Å². The minimum absolute atomic E-state index is 0.664. The molecule has 17 heavy (non-hydrogen) atoms. The van der Waals surface area contributed by atoms with Gasteiger partial charge in [-0.1, -0.05) is 30.3 Å². The molecule has 0 amide bonds. The van der Waals surface area contributed by atoms with Gasteiger partial charge in [0.2, 0.25) is 0 Å². The van der Waals surface area contributed by atoms with E-state index in [4.69, 9.17) is 0 Å². The van der Waals surface area contributed by atoms with E-state index >= 15 is 0 Å². The van der Waals surface area contributed by atoms with Crippen molar-refractivity contribution in [2.45, 2.75) is 0 Å². The fraction of sp³-hybridized carbons (Fsp3) is 0. The second-order valence-electron chi connectivity index (χ2n) is 3.49. The molecule has 0 aliphatic carbocycles. The van der Waals surface area contributed by atoms with E-state index in [1.54, 1.807) is 12.4 Å². The Labute approximate surface area is 102 Å². The van der Waals surface area contributed by atoms with Crippen molar-refractivity contribution in [1.29, 1.82) is 5.26 Å². The van der Waals surface area contributed by atoms with Gasteiger partial charge in [0.05, 0.1) is 0 Å². The number of benzene rings is 1. The number of nitrogens with zero attached hydrogens (tertiary/aromatic N) is 3. The predicted molar refractivity (Wildman–Crippen MR) is 67.6 cm³/mol. The topological polar surface area (TPSA) is 49.6 Å². The van der Waals surface area contributed by atoms with Crippen molar-refractivity contribution in [2.24, 2.45) is 0 Å².